The second-order valence-electron chi connectivity index (χ2n) is 6.99. The molecule has 2 aromatic carbocycles. The number of benzene rings is 2. The first-order chi connectivity index (χ1) is 12.1. The van der Waals surface area contributed by atoms with Gasteiger partial charge in [-0.1, -0.05) is 42.5 Å². The lowest BCUT2D eigenvalue weighted by Gasteiger charge is -2.19. The Kier molecular flexibility index (Phi) is 7.32. The van der Waals surface area contributed by atoms with Crippen LogP contribution in [0.2, 0.25) is 0 Å². The average molecular weight is 464 g/mol. The lowest BCUT2D eigenvalue weighted by Crippen LogP contribution is -2.40. The Balaban J connectivity index is 0.00000243. The monoisotopic (exact) mass is 464 g/mol. The Bertz CT molecular complexity index is 724. The lowest BCUT2D eigenvalue weighted by molar-refractivity contribution is 0.645. The minimum Gasteiger partial charge on any atom is -0.378 e. The van der Waals surface area contributed by atoms with Crippen molar-refractivity contribution in [3.63, 3.8) is 0 Å². The van der Waals surface area contributed by atoms with Gasteiger partial charge in [0.05, 0.1) is 0 Å². The molecular weight excluding hydrogens is 435 g/mol. The van der Waals surface area contributed by atoms with Gasteiger partial charge in [0, 0.05) is 45.3 Å². The molecule has 0 amide bonds. The number of anilines is 1. The van der Waals surface area contributed by atoms with Crippen molar-refractivity contribution in [1.82, 2.24) is 10.6 Å². The van der Waals surface area contributed by atoms with Gasteiger partial charge in [-0.2, -0.15) is 0 Å². The van der Waals surface area contributed by atoms with Crippen molar-refractivity contribution in [3.05, 3.63) is 65.7 Å². The molecule has 0 aliphatic heterocycles. The summed E-state index contributed by atoms with van der Waals surface area (Å²) in [6.45, 7) is 1.69. The molecule has 0 heterocycles. The quantitative estimate of drug-likeness (QED) is 0.389. The average Bonchev–Trinajstić information content (AvgIpc) is 3.44. The van der Waals surface area contributed by atoms with Gasteiger partial charge in [-0.05, 0) is 36.1 Å². The smallest absolute Gasteiger partial charge is 0.191 e. The van der Waals surface area contributed by atoms with Crippen molar-refractivity contribution in [1.29, 1.82) is 0 Å². The Morgan fingerprint density at radius 2 is 1.77 bits per heavy atom. The molecule has 1 saturated carbocycles. The largest absolute Gasteiger partial charge is 0.378 e. The van der Waals surface area contributed by atoms with Crippen molar-refractivity contribution in [3.8, 4) is 0 Å². The molecule has 140 valence electrons. The Hall–Kier alpha value is -1.76. The van der Waals surface area contributed by atoms with Crippen molar-refractivity contribution in [2.24, 2.45) is 4.99 Å². The second kappa shape index (κ2) is 9.26. The van der Waals surface area contributed by atoms with Gasteiger partial charge in [0.25, 0.3) is 0 Å². The van der Waals surface area contributed by atoms with Crippen molar-refractivity contribution >= 4 is 35.6 Å². The molecule has 0 spiro atoms. The van der Waals surface area contributed by atoms with E-state index in [0.29, 0.717) is 0 Å². The SMILES string of the molecule is CN=C(NCc1cccc(N(C)C)c1)NCC1(c2ccccc2)CC1.I. The summed E-state index contributed by atoms with van der Waals surface area (Å²) in [4.78, 5) is 6.49. The van der Waals surface area contributed by atoms with Gasteiger partial charge in [0.1, 0.15) is 0 Å². The number of nitrogens with one attached hydrogen (secondary N) is 2. The van der Waals surface area contributed by atoms with Gasteiger partial charge in [0.2, 0.25) is 0 Å². The predicted molar refractivity (Wildman–Crippen MR) is 122 cm³/mol. The number of hydrogen-bond donors (Lipinski definition) is 2. The summed E-state index contributed by atoms with van der Waals surface area (Å²) in [6, 6.07) is 19.3. The first kappa shape index (κ1) is 20.6. The van der Waals surface area contributed by atoms with Crippen molar-refractivity contribution in [2.75, 3.05) is 32.6 Å². The van der Waals surface area contributed by atoms with Gasteiger partial charge in [0.15, 0.2) is 5.96 Å². The molecule has 0 saturated heterocycles. The number of guanidine groups is 1. The van der Waals surface area contributed by atoms with Crippen LogP contribution in [-0.2, 0) is 12.0 Å². The maximum Gasteiger partial charge on any atom is 0.191 e. The topological polar surface area (TPSA) is 39.7 Å². The molecule has 1 fully saturated rings. The fraction of sp³-hybridized carbons (Fsp3) is 0.381. The summed E-state index contributed by atoms with van der Waals surface area (Å²) in [5.74, 6) is 0.859. The first-order valence-electron chi connectivity index (χ1n) is 8.89. The summed E-state index contributed by atoms with van der Waals surface area (Å²) < 4.78 is 0. The molecule has 0 radical (unpaired) electrons. The third-order valence-corrected chi connectivity index (χ3v) is 4.94. The summed E-state index contributed by atoms with van der Waals surface area (Å²) in [7, 11) is 5.95. The molecule has 5 heteroatoms. The number of nitrogens with zero attached hydrogens (tertiary/aromatic N) is 2. The Labute approximate surface area is 174 Å². The van der Waals surface area contributed by atoms with Gasteiger partial charge in [-0.3, -0.25) is 4.99 Å². The fourth-order valence-electron chi connectivity index (χ4n) is 3.11. The van der Waals surface area contributed by atoms with E-state index in [0.717, 1.165) is 19.0 Å². The van der Waals surface area contributed by atoms with Gasteiger partial charge in [-0.15, -0.1) is 24.0 Å². The minimum absolute atomic E-state index is 0. The van der Waals surface area contributed by atoms with Gasteiger partial charge in [-0.25, -0.2) is 0 Å². The molecular formula is C21H29IN4. The standard InChI is InChI=1S/C21H28N4.HI/c1-22-20(23-15-17-8-7-11-19(14-17)25(2)3)24-16-21(12-13-21)18-9-5-4-6-10-18;/h4-11,14H,12-13,15-16H2,1-3H3,(H2,22,23,24);1H. The second-order valence-corrected chi connectivity index (χ2v) is 6.99. The van der Waals surface area contributed by atoms with E-state index in [9.17, 15) is 0 Å². The zero-order valence-electron chi connectivity index (χ0n) is 15.8. The van der Waals surface area contributed by atoms with Crippen LogP contribution < -0.4 is 15.5 Å². The molecule has 0 aromatic heterocycles. The highest BCUT2D eigenvalue weighted by Gasteiger charge is 2.43. The van der Waals surface area contributed by atoms with E-state index in [1.54, 1.807) is 0 Å². The Morgan fingerprint density at radius 1 is 1.04 bits per heavy atom. The molecule has 4 nitrogen and oxygen atoms in total. The van der Waals surface area contributed by atoms with Crippen molar-refractivity contribution in [2.45, 2.75) is 24.8 Å². The molecule has 2 N–H and O–H groups in total. The molecule has 2 aromatic rings. The number of halogens is 1. The summed E-state index contributed by atoms with van der Waals surface area (Å²) in [5.41, 5.74) is 4.17. The summed E-state index contributed by atoms with van der Waals surface area (Å²) >= 11 is 0. The molecule has 1 aliphatic carbocycles. The molecule has 0 atom stereocenters. The van der Waals surface area contributed by atoms with Crippen LogP contribution in [0.3, 0.4) is 0 Å². The van der Waals surface area contributed by atoms with E-state index in [4.69, 9.17) is 0 Å². The molecule has 0 unspecified atom stereocenters. The van der Waals surface area contributed by atoms with Crippen LogP contribution in [0.25, 0.3) is 0 Å². The number of rotatable bonds is 6. The summed E-state index contributed by atoms with van der Waals surface area (Å²) in [6.07, 6.45) is 2.48. The predicted octanol–water partition coefficient (Wildman–Crippen LogP) is 3.77. The first-order valence-corrected chi connectivity index (χ1v) is 8.89. The molecule has 26 heavy (non-hydrogen) atoms. The summed E-state index contributed by atoms with van der Waals surface area (Å²) in [5, 5.41) is 6.93. The van der Waals surface area contributed by atoms with E-state index in [2.05, 4.69) is 89.2 Å². The van der Waals surface area contributed by atoms with Crippen LogP contribution in [0, 0.1) is 0 Å². The third-order valence-electron chi connectivity index (χ3n) is 4.94. The molecule has 1 aliphatic rings. The third kappa shape index (κ3) is 5.13. The maximum absolute atomic E-state index is 4.37. The van der Waals surface area contributed by atoms with Gasteiger partial charge < -0.3 is 15.5 Å². The van der Waals surface area contributed by atoms with Crippen LogP contribution in [0.4, 0.5) is 5.69 Å². The van der Waals surface area contributed by atoms with Crippen LogP contribution in [0.15, 0.2) is 59.6 Å². The normalized spacial score (nSPS) is 15.0. The van der Waals surface area contributed by atoms with Crippen LogP contribution in [0.5, 0.6) is 0 Å². The Morgan fingerprint density at radius 3 is 2.38 bits per heavy atom. The zero-order valence-corrected chi connectivity index (χ0v) is 18.2. The van der Waals surface area contributed by atoms with E-state index in [1.165, 1.54) is 29.7 Å². The molecule has 0 bridgehead atoms. The van der Waals surface area contributed by atoms with E-state index in [1.807, 2.05) is 7.05 Å². The fourth-order valence-corrected chi connectivity index (χ4v) is 3.11. The van der Waals surface area contributed by atoms with Crippen LogP contribution in [-0.4, -0.2) is 33.6 Å². The highest BCUT2D eigenvalue weighted by atomic mass is 127. The highest BCUT2D eigenvalue weighted by molar-refractivity contribution is 14.0. The highest BCUT2D eigenvalue weighted by Crippen LogP contribution is 2.47. The number of hydrogen-bond acceptors (Lipinski definition) is 2. The maximum atomic E-state index is 4.37. The minimum atomic E-state index is 0. The molecule has 3 rings (SSSR count). The zero-order chi connectivity index (χ0) is 17.7. The van der Waals surface area contributed by atoms with E-state index in [-0.39, 0.29) is 29.4 Å². The van der Waals surface area contributed by atoms with Crippen molar-refractivity contribution < 1.29 is 0 Å². The van der Waals surface area contributed by atoms with Gasteiger partial charge >= 0.3 is 0 Å². The van der Waals surface area contributed by atoms with Crippen LogP contribution in [0.1, 0.15) is 24.0 Å². The van der Waals surface area contributed by atoms with Crippen LogP contribution >= 0.6 is 24.0 Å². The number of aliphatic imine (C=N–C) groups is 1. The van der Waals surface area contributed by atoms with E-state index >= 15 is 0 Å². The lowest BCUT2D eigenvalue weighted by atomic mass is 9.96. The van der Waals surface area contributed by atoms with E-state index < -0.39 is 0 Å².